The summed E-state index contributed by atoms with van der Waals surface area (Å²) in [5, 5.41) is 0.729. The van der Waals surface area contributed by atoms with Crippen molar-refractivity contribution in [3.8, 4) is 10.6 Å². The molecule has 0 unspecified atom stereocenters. The second-order valence-electron chi connectivity index (χ2n) is 8.50. The van der Waals surface area contributed by atoms with Crippen molar-refractivity contribution in [2.24, 2.45) is 0 Å². The lowest BCUT2D eigenvalue weighted by atomic mass is 10.0. The molecule has 0 atom stereocenters. The average molecular weight is 465 g/mol. The van der Waals surface area contributed by atoms with E-state index >= 15 is 0 Å². The van der Waals surface area contributed by atoms with Gasteiger partial charge in [0, 0.05) is 56.4 Å². The number of hydrogen-bond acceptors (Lipinski definition) is 5. The van der Waals surface area contributed by atoms with Gasteiger partial charge in [0.1, 0.15) is 15.7 Å². The number of rotatable bonds is 4. The van der Waals surface area contributed by atoms with Crippen molar-refractivity contribution in [2.75, 3.05) is 39.3 Å². The first kappa shape index (κ1) is 21.7. The molecular weight excluding hydrogens is 439 g/mol. The zero-order valence-electron chi connectivity index (χ0n) is 18.4. The molecule has 0 N–H and O–H groups in total. The van der Waals surface area contributed by atoms with Crippen molar-refractivity contribution in [1.82, 2.24) is 19.7 Å². The Hall–Kier alpha value is -3.10. The van der Waals surface area contributed by atoms with Crippen LogP contribution in [-0.4, -0.2) is 76.8 Å². The molecule has 0 aliphatic carbocycles. The van der Waals surface area contributed by atoms with Gasteiger partial charge in [0.15, 0.2) is 0 Å². The number of likely N-dealkylation sites (tertiary alicyclic amines) is 1. The lowest BCUT2D eigenvalue weighted by molar-refractivity contribution is 0.00875. The normalized spacial score (nSPS) is 17.2. The van der Waals surface area contributed by atoms with Crippen LogP contribution in [0, 0.1) is 12.7 Å². The Morgan fingerprint density at radius 3 is 2.24 bits per heavy atom. The Balaban J connectivity index is 1.15. The van der Waals surface area contributed by atoms with Gasteiger partial charge in [-0.3, -0.25) is 14.5 Å². The number of benzene rings is 2. The van der Waals surface area contributed by atoms with Gasteiger partial charge in [-0.05, 0) is 43.3 Å². The summed E-state index contributed by atoms with van der Waals surface area (Å²) in [7, 11) is 0. The maximum Gasteiger partial charge on any atom is 0.265 e. The Bertz CT molecular complexity index is 1150. The summed E-state index contributed by atoms with van der Waals surface area (Å²) in [5.41, 5.74) is 2.25. The highest BCUT2D eigenvalue weighted by molar-refractivity contribution is 7.17. The van der Waals surface area contributed by atoms with Crippen LogP contribution in [0.2, 0.25) is 0 Å². The minimum Gasteiger partial charge on any atom is -0.336 e. The zero-order valence-corrected chi connectivity index (χ0v) is 19.2. The number of aromatic nitrogens is 1. The summed E-state index contributed by atoms with van der Waals surface area (Å²) in [6.45, 7) is 6.26. The molecule has 170 valence electrons. The van der Waals surface area contributed by atoms with Crippen LogP contribution in [0.3, 0.4) is 0 Å². The van der Waals surface area contributed by atoms with E-state index < -0.39 is 0 Å². The third-order valence-electron chi connectivity index (χ3n) is 6.37. The number of carbonyl (C=O) groups excluding carboxylic acids is 2. The molecule has 1 aromatic heterocycles. The third-order valence-corrected chi connectivity index (χ3v) is 7.56. The van der Waals surface area contributed by atoms with Crippen molar-refractivity contribution in [1.29, 1.82) is 0 Å². The summed E-state index contributed by atoms with van der Waals surface area (Å²) >= 11 is 1.36. The lowest BCUT2D eigenvalue weighted by Gasteiger charge is -2.48. The van der Waals surface area contributed by atoms with Crippen LogP contribution >= 0.6 is 11.3 Å². The fraction of sp³-hybridized carbons (Fsp3) is 0.320. The summed E-state index contributed by atoms with van der Waals surface area (Å²) in [5.74, 6) is -0.203. The Labute approximate surface area is 196 Å². The van der Waals surface area contributed by atoms with Crippen molar-refractivity contribution in [3.63, 3.8) is 0 Å². The van der Waals surface area contributed by atoms with Gasteiger partial charge >= 0.3 is 0 Å². The SMILES string of the molecule is Cc1nc(-c2ccc(F)cc2)sc1C(=O)N1CC(N2CCN(C(=O)c3ccccc3)CC2)C1. The minimum absolute atomic E-state index is 0.00695. The van der Waals surface area contributed by atoms with Gasteiger partial charge in [0.05, 0.1) is 5.69 Å². The lowest BCUT2D eigenvalue weighted by Crippen LogP contribution is -2.64. The Morgan fingerprint density at radius 2 is 1.58 bits per heavy atom. The number of thiazole rings is 1. The van der Waals surface area contributed by atoms with Gasteiger partial charge in [0.2, 0.25) is 0 Å². The molecule has 2 aromatic carbocycles. The zero-order chi connectivity index (χ0) is 22.9. The van der Waals surface area contributed by atoms with Crippen molar-refractivity contribution >= 4 is 23.2 Å². The topological polar surface area (TPSA) is 56.8 Å². The van der Waals surface area contributed by atoms with Crippen LogP contribution in [0.5, 0.6) is 0 Å². The van der Waals surface area contributed by atoms with Crippen LogP contribution in [0.1, 0.15) is 25.7 Å². The van der Waals surface area contributed by atoms with E-state index in [4.69, 9.17) is 0 Å². The van der Waals surface area contributed by atoms with Gasteiger partial charge in [-0.25, -0.2) is 9.37 Å². The number of amides is 2. The number of nitrogens with zero attached hydrogens (tertiary/aromatic N) is 4. The predicted octanol–water partition coefficient (Wildman–Crippen LogP) is 3.54. The molecule has 0 saturated carbocycles. The first-order chi connectivity index (χ1) is 16.0. The smallest absolute Gasteiger partial charge is 0.265 e. The van der Waals surface area contributed by atoms with Gasteiger partial charge in [-0.1, -0.05) is 18.2 Å². The third kappa shape index (κ3) is 4.41. The second kappa shape index (κ2) is 9.03. The van der Waals surface area contributed by atoms with Crippen LogP contribution in [-0.2, 0) is 0 Å². The fourth-order valence-corrected chi connectivity index (χ4v) is 5.40. The van der Waals surface area contributed by atoms with Crippen LogP contribution in [0.4, 0.5) is 4.39 Å². The summed E-state index contributed by atoms with van der Waals surface area (Å²) in [4.78, 5) is 37.0. The molecular formula is C25H25FN4O2S. The minimum atomic E-state index is -0.291. The molecule has 3 aromatic rings. The van der Waals surface area contributed by atoms with Crippen molar-refractivity contribution in [2.45, 2.75) is 13.0 Å². The summed E-state index contributed by atoms with van der Waals surface area (Å²) < 4.78 is 13.2. The maximum atomic E-state index is 13.2. The van der Waals surface area contributed by atoms with Gasteiger partial charge in [-0.2, -0.15) is 0 Å². The molecule has 33 heavy (non-hydrogen) atoms. The molecule has 2 aliphatic rings. The highest BCUT2D eigenvalue weighted by Crippen LogP contribution is 2.30. The number of piperazine rings is 1. The molecule has 5 rings (SSSR count). The quantitative estimate of drug-likeness (QED) is 0.593. The Morgan fingerprint density at radius 1 is 0.909 bits per heavy atom. The molecule has 0 radical (unpaired) electrons. The molecule has 2 saturated heterocycles. The van der Waals surface area contributed by atoms with Gasteiger partial charge in [0.25, 0.3) is 11.8 Å². The van der Waals surface area contributed by atoms with Gasteiger partial charge in [-0.15, -0.1) is 11.3 Å². The largest absolute Gasteiger partial charge is 0.336 e. The fourth-order valence-electron chi connectivity index (χ4n) is 4.36. The standard InChI is InChI=1S/C25H25FN4O2S/c1-17-22(33-23(27-17)18-7-9-20(26)10-8-18)25(32)30-15-21(16-30)28-11-13-29(14-12-28)24(31)19-5-3-2-4-6-19/h2-10,21H,11-16H2,1H3. The molecule has 0 spiro atoms. The summed E-state index contributed by atoms with van der Waals surface area (Å²) in [6.07, 6.45) is 0. The molecule has 8 heteroatoms. The van der Waals surface area contributed by atoms with E-state index in [0.717, 1.165) is 29.2 Å². The molecule has 2 fully saturated rings. The summed E-state index contributed by atoms with van der Waals surface area (Å²) in [6, 6.07) is 15.9. The van der Waals surface area contributed by atoms with Crippen LogP contribution in [0.25, 0.3) is 10.6 Å². The number of carbonyl (C=O) groups is 2. The average Bonchev–Trinajstić information content (AvgIpc) is 3.20. The maximum absolute atomic E-state index is 13.2. The number of aryl methyl sites for hydroxylation is 1. The highest BCUT2D eigenvalue weighted by atomic mass is 32.1. The molecule has 2 amide bonds. The predicted molar refractivity (Wildman–Crippen MR) is 126 cm³/mol. The van der Waals surface area contributed by atoms with E-state index in [1.807, 2.05) is 47.1 Å². The van der Waals surface area contributed by atoms with Crippen LogP contribution < -0.4 is 0 Å². The van der Waals surface area contributed by atoms with E-state index in [2.05, 4.69) is 9.88 Å². The van der Waals surface area contributed by atoms with E-state index in [1.165, 1.54) is 23.5 Å². The Kier molecular flexibility index (Phi) is 5.95. The molecule has 6 nitrogen and oxygen atoms in total. The highest BCUT2D eigenvalue weighted by Gasteiger charge is 2.38. The van der Waals surface area contributed by atoms with Crippen molar-refractivity contribution < 1.29 is 14.0 Å². The van der Waals surface area contributed by atoms with Crippen molar-refractivity contribution in [3.05, 3.63) is 76.5 Å². The van der Waals surface area contributed by atoms with E-state index in [-0.39, 0.29) is 17.6 Å². The van der Waals surface area contributed by atoms with E-state index in [1.54, 1.807) is 12.1 Å². The number of hydrogen-bond donors (Lipinski definition) is 0. The van der Waals surface area contributed by atoms with Gasteiger partial charge < -0.3 is 9.80 Å². The first-order valence-corrected chi connectivity index (χ1v) is 11.9. The van der Waals surface area contributed by atoms with Crippen LogP contribution in [0.15, 0.2) is 54.6 Å². The molecule has 0 bridgehead atoms. The molecule has 2 aliphatic heterocycles. The van der Waals surface area contributed by atoms with E-state index in [0.29, 0.717) is 42.8 Å². The second-order valence-corrected chi connectivity index (χ2v) is 9.50. The first-order valence-electron chi connectivity index (χ1n) is 11.1. The molecule has 3 heterocycles. The number of halogens is 1. The monoisotopic (exact) mass is 464 g/mol. The van der Waals surface area contributed by atoms with E-state index in [9.17, 15) is 14.0 Å².